The molecule has 0 fully saturated rings. The molecule has 1 heterocycles. The number of nitrogens with zero attached hydrogens (tertiary/aromatic N) is 2. The summed E-state index contributed by atoms with van der Waals surface area (Å²) in [5.74, 6) is 0. The summed E-state index contributed by atoms with van der Waals surface area (Å²) in [6.45, 7) is 0.675. The van der Waals surface area contributed by atoms with E-state index in [9.17, 15) is 0 Å². The molecule has 14 rings (SSSR count). The van der Waals surface area contributed by atoms with E-state index in [4.69, 9.17) is 0 Å². The highest BCUT2D eigenvalue weighted by Crippen LogP contribution is 2.42. The molecule has 2 nitrogen and oxygen atoms in total. The third-order valence-electron chi connectivity index (χ3n) is 15.3. The van der Waals surface area contributed by atoms with Crippen LogP contribution in [0.3, 0.4) is 0 Å². The molecular formula is C73H50N2. The van der Waals surface area contributed by atoms with Gasteiger partial charge in [0.05, 0.1) is 11.0 Å². The van der Waals surface area contributed by atoms with Gasteiger partial charge in [-0.05, 0) is 148 Å². The quantitative estimate of drug-likeness (QED) is 0.124. The lowest BCUT2D eigenvalue weighted by atomic mass is 9.93. The van der Waals surface area contributed by atoms with Crippen molar-refractivity contribution in [2.75, 3.05) is 4.90 Å². The monoisotopic (exact) mass is 954 g/mol. The molecule has 352 valence electrons. The van der Waals surface area contributed by atoms with Crippen LogP contribution >= 0.6 is 0 Å². The van der Waals surface area contributed by atoms with Gasteiger partial charge in [-0.25, -0.2) is 0 Å². The topological polar surface area (TPSA) is 8.17 Å². The van der Waals surface area contributed by atoms with Gasteiger partial charge in [-0.3, -0.25) is 0 Å². The van der Waals surface area contributed by atoms with Gasteiger partial charge >= 0.3 is 0 Å². The van der Waals surface area contributed by atoms with Crippen molar-refractivity contribution in [2.45, 2.75) is 6.54 Å². The van der Waals surface area contributed by atoms with Gasteiger partial charge in [0.25, 0.3) is 0 Å². The van der Waals surface area contributed by atoms with E-state index in [1.165, 1.54) is 115 Å². The minimum atomic E-state index is 0.675. The first-order valence-electron chi connectivity index (χ1n) is 25.9. The van der Waals surface area contributed by atoms with Crippen LogP contribution < -0.4 is 4.90 Å². The zero-order valence-electron chi connectivity index (χ0n) is 41.3. The summed E-state index contributed by atoms with van der Waals surface area (Å²) in [4.78, 5) is 2.45. The van der Waals surface area contributed by atoms with Gasteiger partial charge in [-0.1, -0.05) is 237 Å². The average Bonchev–Trinajstić information content (AvgIpc) is 3.87. The first-order valence-corrected chi connectivity index (χ1v) is 25.9. The predicted molar refractivity (Wildman–Crippen MR) is 319 cm³/mol. The Morgan fingerprint density at radius 1 is 0.267 bits per heavy atom. The van der Waals surface area contributed by atoms with Gasteiger partial charge in [0.15, 0.2) is 0 Å². The average molecular weight is 955 g/mol. The molecule has 0 spiro atoms. The second-order valence-electron chi connectivity index (χ2n) is 19.6. The molecule has 1 aromatic heterocycles. The Bertz CT molecular complexity index is 4410. The number of para-hydroxylation sites is 1. The van der Waals surface area contributed by atoms with Crippen molar-refractivity contribution < 1.29 is 0 Å². The number of hydrogen-bond acceptors (Lipinski definition) is 1. The maximum absolute atomic E-state index is 2.45. The Hall–Kier alpha value is -9.76. The van der Waals surface area contributed by atoms with Crippen LogP contribution in [0, 0.1) is 0 Å². The van der Waals surface area contributed by atoms with E-state index in [2.05, 4.69) is 301 Å². The first-order chi connectivity index (χ1) is 37.2. The summed E-state index contributed by atoms with van der Waals surface area (Å²) in [5, 5.41) is 10.1. The maximum atomic E-state index is 2.45. The molecule has 0 atom stereocenters. The summed E-state index contributed by atoms with van der Waals surface area (Å²) in [6, 6.07) is 107. The highest BCUT2D eigenvalue weighted by Gasteiger charge is 2.19. The number of anilines is 2. The van der Waals surface area contributed by atoms with Gasteiger partial charge in [0.2, 0.25) is 0 Å². The van der Waals surface area contributed by atoms with Crippen LogP contribution in [0.4, 0.5) is 11.4 Å². The molecule has 0 aliphatic rings. The zero-order valence-corrected chi connectivity index (χ0v) is 41.3. The Balaban J connectivity index is 0.820. The van der Waals surface area contributed by atoms with Crippen molar-refractivity contribution in [3.63, 3.8) is 0 Å². The molecule has 0 amide bonds. The fraction of sp³-hybridized carbons (Fsp3) is 0.0137. The summed E-state index contributed by atoms with van der Waals surface area (Å²) < 4.78 is 2.44. The molecule has 0 radical (unpaired) electrons. The standard InChI is InChI=1S/C73H50N2/c1-2-15-50(16-3-1)52-37-41-61(42-38-52)74(62-43-39-53(40-44-62)51-31-33-56(34-32-51)67-27-13-20-54-17-4-8-24-65(54)67)49-60-19-6-7-23-64(60)57-21-12-22-58(47-57)69-28-14-30-72-73(69)70-26-10-11-29-71(70)75(72)63-45-46-68-59(48-63)36-35-55-18-5-9-25-66(55)68/h1-48H,49H2. The molecule has 0 bridgehead atoms. The third kappa shape index (κ3) is 8.01. The number of hydrogen-bond donors (Lipinski definition) is 0. The van der Waals surface area contributed by atoms with E-state index in [1.54, 1.807) is 0 Å². The van der Waals surface area contributed by atoms with Crippen LogP contribution in [0.1, 0.15) is 5.56 Å². The Labute approximate surface area is 437 Å². The molecular weight excluding hydrogens is 905 g/mol. The molecule has 2 heteroatoms. The molecule has 0 saturated heterocycles. The van der Waals surface area contributed by atoms with Crippen molar-refractivity contribution in [2.24, 2.45) is 0 Å². The van der Waals surface area contributed by atoms with Crippen LogP contribution in [0.25, 0.3) is 115 Å². The molecule has 75 heavy (non-hydrogen) atoms. The van der Waals surface area contributed by atoms with Crippen molar-refractivity contribution in [1.82, 2.24) is 4.57 Å². The molecule has 0 saturated carbocycles. The van der Waals surface area contributed by atoms with Crippen LogP contribution in [0.2, 0.25) is 0 Å². The summed E-state index contributed by atoms with van der Waals surface area (Å²) in [7, 11) is 0. The summed E-state index contributed by atoms with van der Waals surface area (Å²) >= 11 is 0. The van der Waals surface area contributed by atoms with E-state index >= 15 is 0 Å². The fourth-order valence-corrected chi connectivity index (χ4v) is 11.6. The summed E-state index contributed by atoms with van der Waals surface area (Å²) in [6.07, 6.45) is 0. The predicted octanol–water partition coefficient (Wildman–Crippen LogP) is 19.9. The minimum absolute atomic E-state index is 0.675. The number of fused-ring (bicyclic) bond motifs is 7. The van der Waals surface area contributed by atoms with Crippen LogP contribution in [-0.2, 0) is 6.54 Å². The first kappa shape index (κ1) is 44.0. The van der Waals surface area contributed by atoms with Crippen molar-refractivity contribution in [1.29, 1.82) is 0 Å². The minimum Gasteiger partial charge on any atom is -0.337 e. The molecule has 14 aromatic rings. The van der Waals surface area contributed by atoms with E-state index < -0.39 is 0 Å². The van der Waals surface area contributed by atoms with Crippen LogP contribution in [-0.4, -0.2) is 4.57 Å². The lowest BCUT2D eigenvalue weighted by molar-refractivity contribution is 0.977. The highest BCUT2D eigenvalue weighted by molar-refractivity contribution is 6.16. The number of rotatable bonds is 10. The van der Waals surface area contributed by atoms with E-state index in [-0.39, 0.29) is 0 Å². The highest BCUT2D eigenvalue weighted by atomic mass is 15.1. The van der Waals surface area contributed by atoms with Gasteiger partial charge in [0.1, 0.15) is 0 Å². The smallest absolute Gasteiger partial charge is 0.0547 e. The van der Waals surface area contributed by atoms with Crippen molar-refractivity contribution in [3.8, 4) is 61.3 Å². The van der Waals surface area contributed by atoms with Gasteiger partial charge in [-0.15, -0.1) is 0 Å². The third-order valence-corrected chi connectivity index (χ3v) is 15.3. The Morgan fingerprint density at radius 2 is 0.747 bits per heavy atom. The molecule has 0 aliphatic carbocycles. The molecule has 0 N–H and O–H groups in total. The van der Waals surface area contributed by atoms with E-state index in [0.717, 1.165) is 17.1 Å². The summed E-state index contributed by atoms with van der Waals surface area (Å²) in [5.41, 5.74) is 19.1. The van der Waals surface area contributed by atoms with Gasteiger partial charge < -0.3 is 9.47 Å². The van der Waals surface area contributed by atoms with Crippen LogP contribution in [0.5, 0.6) is 0 Å². The largest absolute Gasteiger partial charge is 0.337 e. The zero-order chi connectivity index (χ0) is 49.7. The Kier molecular flexibility index (Phi) is 11.0. The second-order valence-corrected chi connectivity index (χ2v) is 19.6. The molecule has 0 aliphatic heterocycles. The van der Waals surface area contributed by atoms with Gasteiger partial charge in [0, 0.05) is 34.4 Å². The number of benzene rings is 13. The van der Waals surface area contributed by atoms with Crippen molar-refractivity contribution >= 4 is 65.5 Å². The van der Waals surface area contributed by atoms with E-state index in [0.29, 0.717) is 6.54 Å². The Morgan fingerprint density at radius 3 is 1.51 bits per heavy atom. The normalized spacial score (nSPS) is 11.5. The van der Waals surface area contributed by atoms with Gasteiger partial charge in [-0.2, -0.15) is 0 Å². The van der Waals surface area contributed by atoms with E-state index in [1.807, 2.05) is 0 Å². The lowest BCUT2D eigenvalue weighted by Gasteiger charge is -2.27. The van der Waals surface area contributed by atoms with Crippen LogP contribution in [0.15, 0.2) is 291 Å². The molecule has 0 unspecified atom stereocenters. The number of aromatic nitrogens is 1. The second kappa shape index (κ2) is 18.7. The lowest BCUT2D eigenvalue weighted by Crippen LogP contribution is -2.17. The fourth-order valence-electron chi connectivity index (χ4n) is 11.6. The molecule has 13 aromatic carbocycles. The maximum Gasteiger partial charge on any atom is 0.0547 e. The van der Waals surface area contributed by atoms with Crippen molar-refractivity contribution in [3.05, 3.63) is 297 Å². The SMILES string of the molecule is c1ccc(-c2ccc(N(Cc3ccccc3-c3cccc(-c4cccc5c4c4ccccc4n5-c4ccc5c(ccc6ccccc65)c4)c3)c3ccc(-c4ccc(-c5cccc6ccccc56)cc4)cc3)cc2)cc1.